The van der Waals surface area contributed by atoms with Crippen LogP contribution in [0.3, 0.4) is 0 Å². The van der Waals surface area contributed by atoms with Crippen LogP contribution in [0.4, 0.5) is 4.39 Å². The van der Waals surface area contributed by atoms with Gasteiger partial charge < -0.3 is 15.4 Å². The number of hydrogen-bond acceptors (Lipinski definition) is 4. The molecule has 5 nitrogen and oxygen atoms in total. The number of aryl methyl sites for hydroxylation is 1. The van der Waals surface area contributed by atoms with Crippen LogP contribution in [0.25, 0.3) is 0 Å². The van der Waals surface area contributed by atoms with Crippen LogP contribution in [0.2, 0.25) is 0 Å². The number of carbonyl (C=O) groups is 1. The topological polar surface area (TPSA) is 68.5 Å². The summed E-state index contributed by atoms with van der Waals surface area (Å²) in [5.41, 5.74) is 7.57. The van der Waals surface area contributed by atoms with Crippen molar-refractivity contribution in [1.29, 1.82) is 0 Å². The molecule has 1 atom stereocenters. The molecule has 1 aliphatic rings. The van der Waals surface area contributed by atoms with Gasteiger partial charge in [-0.1, -0.05) is 12.1 Å². The summed E-state index contributed by atoms with van der Waals surface area (Å²) >= 11 is 0. The second-order valence-electron chi connectivity index (χ2n) is 6.68. The maximum absolute atomic E-state index is 13.4. The maximum Gasteiger partial charge on any atom is 0.276 e. The molecule has 2 N–H and O–H groups in total. The SMILES string of the molecule is Cc1cc(CC2CCN(C(=O)c3ncccc3OCCN)C2)ccc1F.Cl. The van der Waals surface area contributed by atoms with Crippen LogP contribution in [0.15, 0.2) is 36.5 Å². The number of benzene rings is 1. The maximum atomic E-state index is 13.4. The number of carbonyl (C=O) groups excluding carboxylic acids is 1. The summed E-state index contributed by atoms with van der Waals surface area (Å²) in [6, 6.07) is 8.70. The van der Waals surface area contributed by atoms with Crippen LogP contribution >= 0.6 is 12.4 Å². The van der Waals surface area contributed by atoms with E-state index in [1.54, 1.807) is 25.3 Å². The first-order valence-electron chi connectivity index (χ1n) is 8.90. The van der Waals surface area contributed by atoms with Gasteiger partial charge in [0.05, 0.1) is 0 Å². The minimum absolute atomic E-state index is 0. The normalized spacial score (nSPS) is 16.1. The van der Waals surface area contributed by atoms with Crippen LogP contribution in [0.1, 0.15) is 28.0 Å². The van der Waals surface area contributed by atoms with Gasteiger partial charge in [0.25, 0.3) is 5.91 Å². The van der Waals surface area contributed by atoms with Gasteiger partial charge >= 0.3 is 0 Å². The van der Waals surface area contributed by atoms with Gasteiger partial charge in [0.2, 0.25) is 0 Å². The fraction of sp³-hybridized carbons (Fsp3) is 0.400. The molecule has 0 radical (unpaired) electrons. The average molecular weight is 394 g/mol. The van der Waals surface area contributed by atoms with E-state index in [4.69, 9.17) is 10.5 Å². The highest BCUT2D eigenvalue weighted by Crippen LogP contribution is 2.25. The van der Waals surface area contributed by atoms with Gasteiger partial charge in [-0.2, -0.15) is 0 Å². The first kappa shape index (κ1) is 21.1. The van der Waals surface area contributed by atoms with Crippen molar-refractivity contribution in [3.63, 3.8) is 0 Å². The van der Waals surface area contributed by atoms with Crippen LogP contribution in [-0.2, 0) is 6.42 Å². The van der Waals surface area contributed by atoms with Gasteiger partial charge in [0.15, 0.2) is 11.4 Å². The Hall–Kier alpha value is -2.18. The lowest BCUT2D eigenvalue weighted by atomic mass is 9.97. The molecule has 0 saturated carbocycles. The van der Waals surface area contributed by atoms with Crippen molar-refractivity contribution in [2.45, 2.75) is 19.8 Å². The summed E-state index contributed by atoms with van der Waals surface area (Å²) < 4.78 is 19.0. The molecule has 146 valence electrons. The molecule has 7 heteroatoms. The second kappa shape index (κ2) is 9.67. The molecule has 1 fully saturated rings. The predicted octanol–water partition coefficient (Wildman–Crippen LogP) is 2.99. The lowest BCUT2D eigenvalue weighted by Crippen LogP contribution is -2.30. The number of amides is 1. The van der Waals surface area contributed by atoms with Crippen LogP contribution in [0, 0.1) is 18.7 Å². The van der Waals surface area contributed by atoms with Crippen molar-refractivity contribution < 1.29 is 13.9 Å². The van der Waals surface area contributed by atoms with Crippen molar-refractivity contribution in [3.05, 3.63) is 59.2 Å². The molecule has 1 amide bonds. The second-order valence-corrected chi connectivity index (χ2v) is 6.68. The van der Waals surface area contributed by atoms with Gasteiger partial charge in [0, 0.05) is 25.8 Å². The number of hydrogen-bond donors (Lipinski definition) is 1. The van der Waals surface area contributed by atoms with E-state index >= 15 is 0 Å². The van der Waals surface area contributed by atoms with E-state index in [0.717, 1.165) is 18.4 Å². The highest BCUT2D eigenvalue weighted by Gasteiger charge is 2.29. The Morgan fingerprint density at radius 1 is 1.41 bits per heavy atom. The zero-order valence-corrected chi connectivity index (χ0v) is 16.2. The van der Waals surface area contributed by atoms with Gasteiger partial charge in [-0.3, -0.25) is 4.79 Å². The third-order valence-corrected chi connectivity index (χ3v) is 4.67. The van der Waals surface area contributed by atoms with Gasteiger partial charge in [-0.25, -0.2) is 9.37 Å². The molecule has 1 saturated heterocycles. The quantitative estimate of drug-likeness (QED) is 0.819. The number of ether oxygens (including phenoxy) is 1. The molecule has 2 aromatic rings. The van der Waals surface area contributed by atoms with E-state index in [9.17, 15) is 9.18 Å². The number of aromatic nitrogens is 1. The first-order valence-corrected chi connectivity index (χ1v) is 8.90. The molecule has 1 aromatic carbocycles. The molecule has 1 aromatic heterocycles. The third kappa shape index (κ3) is 5.17. The lowest BCUT2D eigenvalue weighted by Gasteiger charge is -2.18. The third-order valence-electron chi connectivity index (χ3n) is 4.67. The Morgan fingerprint density at radius 2 is 2.22 bits per heavy atom. The zero-order chi connectivity index (χ0) is 18.5. The van der Waals surface area contributed by atoms with E-state index in [-0.39, 0.29) is 24.1 Å². The first-order chi connectivity index (χ1) is 12.6. The monoisotopic (exact) mass is 393 g/mol. The van der Waals surface area contributed by atoms with E-state index in [2.05, 4.69) is 4.98 Å². The van der Waals surface area contributed by atoms with Gasteiger partial charge in [-0.15, -0.1) is 12.4 Å². The fourth-order valence-electron chi connectivity index (χ4n) is 3.34. The Balaban J connectivity index is 0.00000261. The molecule has 0 aliphatic carbocycles. The van der Waals surface area contributed by atoms with Crippen LogP contribution in [0.5, 0.6) is 5.75 Å². The molecule has 2 heterocycles. The van der Waals surface area contributed by atoms with E-state index in [1.165, 1.54) is 6.07 Å². The number of halogens is 2. The molecular weight excluding hydrogens is 369 g/mol. The summed E-state index contributed by atoms with van der Waals surface area (Å²) in [5.74, 6) is 0.536. The van der Waals surface area contributed by atoms with Crippen molar-refractivity contribution >= 4 is 18.3 Å². The van der Waals surface area contributed by atoms with Crippen molar-refractivity contribution in [1.82, 2.24) is 9.88 Å². The smallest absolute Gasteiger partial charge is 0.276 e. The minimum atomic E-state index is -0.183. The Bertz CT molecular complexity index is 788. The fourth-order valence-corrected chi connectivity index (χ4v) is 3.34. The van der Waals surface area contributed by atoms with Gasteiger partial charge in [-0.05, 0) is 55.0 Å². The van der Waals surface area contributed by atoms with E-state index in [0.29, 0.717) is 49.2 Å². The average Bonchev–Trinajstić information content (AvgIpc) is 3.11. The van der Waals surface area contributed by atoms with E-state index in [1.807, 2.05) is 17.0 Å². The van der Waals surface area contributed by atoms with Crippen molar-refractivity contribution in [3.8, 4) is 5.75 Å². The number of nitrogens with zero attached hydrogens (tertiary/aromatic N) is 2. The summed E-state index contributed by atoms with van der Waals surface area (Å²) in [4.78, 5) is 18.9. The summed E-state index contributed by atoms with van der Waals surface area (Å²) in [7, 11) is 0. The lowest BCUT2D eigenvalue weighted by molar-refractivity contribution is 0.0776. The summed E-state index contributed by atoms with van der Waals surface area (Å²) in [6.45, 7) is 3.86. The Kier molecular flexibility index (Phi) is 7.56. The summed E-state index contributed by atoms with van der Waals surface area (Å²) in [6.07, 6.45) is 3.36. The van der Waals surface area contributed by atoms with Crippen molar-refractivity contribution in [2.24, 2.45) is 11.7 Å². The Labute approximate surface area is 165 Å². The molecule has 1 aliphatic heterocycles. The Morgan fingerprint density at radius 3 is 2.96 bits per heavy atom. The molecule has 27 heavy (non-hydrogen) atoms. The van der Waals surface area contributed by atoms with E-state index < -0.39 is 0 Å². The van der Waals surface area contributed by atoms with Crippen LogP contribution in [-0.4, -0.2) is 42.0 Å². The highest BCUT2D eigenvalue weighted by molar-refractivity contribution is 5.95. The number of likely N-dealkylation sites (tertiary alicyclic amines) is 1. The van der Waals surface area contributed by atoms with Crippen LogP contribution < -0.4 is 10.5 Å². The molecule has 1 unspecified atom stereocenters. The number of rotatable bonds is 6. The highest BCUT2D eigenvalue weighted by atomic mass is 35.5. The number of nitrogens with two attached hydrogens (primary N) is 1. The molecule has 3 rings (SSSR count). The molecule has 0 bridgehead atoms. The molecular formula is C20H25ClFN3O2. The zero-order valence-electron chi connectivity index (χ0n) is 15.4. The largest absolute Gasteiger partial charge is 0.490 e. The minimum Gasteiger partial charge on any atom is -0.490 e. The van der Waals surface area contributed by atoms with Gasteiger partial charge in [0.1, 0.15) is 12.4 Å². The molecule has 0 spiro atoms. The number of pyridine rings is 1. The summed E-state index contributed by atoms with van der Waals surface area (Å²) in [5, 5.41) is 0. The van der Waals surface area contributed by atoms with Crippen molar-refractivity contribution in [2.75, 3.05) is 26.2 Å². The predicted molar refractivity (Wildman–Crippen MR) is 105 cm³/mol. The standard InChI is InChI=1S/C20H24FN3O2.ClH/c1-14-11-15(4-5-17(14)21)12-16-6-9-24(13-16)20(25)19-18(26-10-7-22)3-2-8-23-19;/h2-5,8,11,16H,6-7,9-10,12-13,22H2,1H3;1H.